The molecule has 0 aromatic carbocycles. The monoisotopic (exact) mass is 320 g/mol. The van der Waals surface area contributed by atoms with Gasteiger partial charge in [0.1, 0.15) is 0 Å². The highest BCUT2D eigenvalue weighted by molar-refractivity contribution is 6.69. The summed E-state index contributed by atoms with van der Waals surface area (Å²) in [6, 6.07) is 0. The minimum atomic E-state index is -1.96. The molecule has 0 aromatic heterocycles. The van der Waals surface area contributed by atoms with Gasteiger partial charge >= 0.3 is 5.97 Å². The Labute approximate surface area is 109 Å². The van der Waals surface area contributed by atoms with Crippen LogP contribution in [0.5, 0.6) is 0 Å². The van der Waals surface area contributed by atoms with E-state index in [1.165, 1.54) is 0 Å². The summed E-state index contributed by atoms with van der Waals surface area (Å²) in [5.74, 6) is -0.888. The lowest BCUT2D eigenvalue weighted by atomic mass is 10.4. The first-order chi connectivity index (χ1) is 6.12. The van der Waals surface area contributed by atoms with Gasteiger partial charge in [0.15, 0.2) is 0 Å². The lowest BCUT2D eigenvalue weighted by Gasteiger charge is -2.18. The Balaban J connectivity index is 2.75. The van der Waals surface area contributed by atoms with Crippen molar-refractivity contribution in [2.75, 3.05) is 0 Å². The molecule has 3 nitrogen and oxygen atoms in total. The van der Waals surface area contributed by atoms with Crippen LogP contribution in [0.3, 0.4) is 0 Å². The number of halogens is 6. The van der Waals surface area contributed by atoms with Gasteiger partial charge in [0.25, 0.3) is 10.1 Å². The Hall–Kier alpha value is 1.17. The topological polar surface area (TPSA) is 35.5 Å². The van der Waals surface area contributed by atoms with Crippen LogP contribution in [0.15, 0.2) is 0 Å². The molecule has 1 fully saturated rings. The Morgan fingerprint density at radius 2 is 1.50 bits per heavy atom. The maximum atomic E-state index is 11.1. The fourth-order valence-electron chi connectivity index (χ4n) is 0.729. The summed E-state index contributed by atoms with van der Waals surface area (Å²) in [6.07, 6.45) is -2.77. The van der Waals surface area contributed by atoms with Crippen molar-refractivity contribution >= 4 is 75.6 Å². The van der Waals surface area contributed by atoms with Crippen molar-refractivity contribution in [3.05, 3.63) is 0 Å². The van der Waals surface area contributed by atoms with E-state index < -0.39 is 25.9 Å². The molecule has 1 aliphatic rings. The zero-order valence-electron chi connectivity index (χ0n) is 6.15. The average Bonchev–Trinajstić information content (AvgIpc) is 2.27. The first-order valence-corrected chi connectivity index (χ1v) is 5.38. The molecule has 0 saturated carbocycles. The summed E-state index contributed by atoms with van der Waals surface area (Å²) >= 11 is 32.5. The number of carbonyl (C=O) groups is 1. The van der Waals surface area contributed by atoms with Crippen LogP contribution in [-0.2, 0) is 14.3 Å². The number of esters is 1. The van der Waals surface area contributed by atoms with Crippen molar-refractivity contribution in [3.8, 4) is 0 Å². The summed E-state index contributed by atoms with van der Waals surface area (Å²) in [5, 5.41) is 0. The second-order valence-corrected chi connectivity index (χ2v) is 7.11. The predicted molar refractivity (Wildman–Crippen MR) is 55.3 cm³/mol. The fourth-order valence-corrected chi connectivity index (χ4v) is 1.44. The highest BCUT2D eigenvalue weighted by atomic mass is 35.6. The van der Waals surface area contributed by atoms with Gasteiger partial charge in [-0.3, -0.25) is 0 Å². The lowest BCUT2D eigenvalue weighted by Crippen LogP contribution is -2.33. The van der Waals surface area contributed by atoms with Gasteiger partial charge in [-0.15, -0.1) is 0 Å². The minimum Gasteiger partial charge on any atom is -0.429 e. The second-order valence-electron chi connectivity index (χ2n) is 2.37. The van der Waals surface area contributed by atoms with Crippen LogP contribution in [0.25, 0.3) is 0 Å². The normalized spacial score (nSPS) is 29.1. The molecule has 1 aliphatic heterocycles. The Kier molecular flexibility index (Phi) is 3.98. The van der Waals surface area contributed by atoms with E-state index in [9.17, 15) is 4.79 Å². The molecule has 0 unspecified atom stereocenters. The molecule has 0 spiro atoms. The van der Waals surface area contributed by atoms with E-state index in [4.69, 9.17) is 74.3 Å². The van der Waals surface area contributed by atoms with Crippen LogP contribution in [0.2, 0.25) is 0 Å². The van der Waals surface area contributed by atoms with Crippen molar-refractivity contribution in [3.63, 3.8) is 0 Å². The molecule has 14 heavy (non-hydrogen) atoms. The Morgan fingerprint density at radius 3 is 1.71 bits per heavy atom. The zero-order chi connectivity index (χ0) is 11.1. The number of alkyl halides is 6. The van der Waals surface area contributed by atoms with Crippen molar-refractivity contribution in [1.29, 1.82) is 0 Å². The first-order valence-electron chi connectivity index (χ1n) is 3.12. The van der Waals surface area contributed by atoms with Gasteiger partial charge in [0.2, 0.25) is 9.90 Å². The quantitative estimate of drug-likeness (QED) is 0.508. The van der Waals surface area contributed by atoms with Crippen molar-refractivity contribution in [1.82, 2.24) is 0 Å². The molecule has 0 aromatic rings. The van der Waals surface area contributed by atoms with Crippen molar-refractivity contribution in [2.45, 2.75) is 20.0 Å². The first kappa shape index (κ1) is 13.2. The van der Waals surface area contributed by atoms with E-state index in [0.717, 1.165) is 0 Å². The number of carbonyl (C=O) groups excluding carboxylic acids is 1. The van der Waals surface area contributed by atoms with Crippen molar-refractivity contribution < 1.29 is 14.3 Å². The molecule has 1 saturated heterocycles. The molecule has 2 atom stereocenters. The van der Waals surface area contributed by atoms with Gasteiger partial charge in [0.05, 0.1) is 0 Å². The van der Waals surface area contributed by atoms with Crippen LogP contribution in [0.1, 0.15) is 0 Å². The van der Waals surface area contributed by atoms with E-state index in [2.05, 4.69) is 4.74 Å². The van der Waals surface area contributed by atoms with Gasteiger partial charge in [-0.05, 0) is 0 Å². The summed E-state index contributed by atoms with van der Waals surface area (Å²) in [7, 11) is 0. The lowest BCUT2D eigenvalue weighted by molar-refractivity contribution is -0.143. The highest BCUT2D eigenvalue weighted by Gasteiger charge is 2.53. The molecule has 1 heterocycles. The molecule has 1 rings (SSSR count). The van der Waals surface area contributed by atoms with Gasteiger partial charge in [-0.25, -0.2) is 4.79 Å². The fraction of sp³-hybridized carbons (Fsp3) is 0.800. The summed E-state index contributed by atoms with van der Waals surface area (Å²) in [4.78, 5) is 11.1. The molecule has 0 aliphatic carbocycles. The summed E-state index contributed by atoms with van der Waals surface area (Å²) in [5.41, 5.74) is 0. The SMILES string of the molecule is O=C1O[C@H](C(Cl)(Cl)Cl)O[C@@H]1C(Cl)(Cl)Cl. The van der Waals surface area contributed by atoms with E-state index in [-0.39, 0.29) is 0 Å². The number of hydrogen-bond acceptors (Lipinski definition) is 3. The molecular formula is C5H2Cl6O3. The van der Waals surface area contributed by atoms with E-state index >= 15 is 0 Å². The summed E-state index contributed by atoms with van der Waals surface area (Å²) < 4.78 is 5.52. The predicted octanol–water partition coefficient (Wildman–Crippen LogP) is 2.99. The standard InChI is InChI=1S/C5H2Cl6O3/c6-4(7,8)1-2(12)14-3(13-1)5(9,10)11/h1,3H/t1-,3+/m0/s1. The average molecular weight is 323 g/mol. The van der Waals surface area contributed by atoms with E-state index in [1.54, 1.807) is 0 Å². The zero-order valence-corrected chi connectivity index (χ0v) is 10.7. The van der Waals surface area contributed by atoms with Gasteiger partial charge < -0.3 is 9.47 Å². The maximum Gasteiger partial charge on any atom is 0.342 e. The Morgan fingerprint density at radius 1 is 1.00 bits per heavy atom. The van der Waals surface area contributed by atoms with Crippen LogP contribution in [0.4, 0.5) is 0 Å². The molecule has 0 bridgehead atoms. The van der Waals surface area contributed by atoms with Crippen LogP contribution < -0.4 is 0 Å². The molecular weight excluding hydrogens is 321 g/mol. The second kappa shape index (κ2) is 4.21. The van der Waals surface area contributed by atoms with Gasteiger partial charge in [-0.2, -0.15) is 0 Å². The number of cyclic esters (lactones) is 1. The number of hydrogen-bond donors (Lipinski definition) is 0. The number of rotatable bonds is 0. The van der Waals surface area contributed by atoms with Crippen LogP contribution in [0, 0.1) is 0 Å². The smallest absolute Gasteiger partial charge is 0.342 e. The highest BCUT2D eigenvalue weighted by Crippen LogP contribution is 2.42. The van der Waals surface area contributed by atoms with Crippen LogP contribution >= 0.6 is 69.6 Å². The van der Waals surface area contributed by atoms with Gasteiger partial charge in [-0.1, -0.05) is 69.6 Å². The molecule has 9 heteroatoms. The minimum absolute atomic E-state index is 0.888. The van der Waals surface area contributed by atoms with Crippen LogP contribution in [-0.4, -0.2) is 25.9 Å². The molecule has 82 valence electrons. The number of ether oxygens (including phenoxy) is 2. The maximum absolute atomic E-state index is 11.1. The van der Waals surface area contributed by atoms with E-state index in [1.807, 2.05) is 0 Å². The summed E-state index contributed by atoms with van der Waals surface area (Å²) in [6.45, 7) is 0. The largest absolute Gasteiger partial charge is 0.429 e. The molecule has 0 amide bonds. The molecule has 0 radical (unpaired) electrons. The molecule has 0 N–H and O–H groups in total. The van der Waals surface area contributed by atoms with E-state index in [0.29, 0.717) is 0 Å². The third-order valence-corrected chi connectivity index (χ3v) is 2.39. The third-order valence-electron chi connectivity index (χ3n) is 1.26. The third kappa shape index (κ3) is 3.08. The van der Waals surface area contributed by atoms with Gasteiger partial charge in [0, 0.05) is 0 Å². The van der Waals surface area contributed by atoms with Crippen molar-refractivity contribution in [2.24, 2.45) is 0 Å². The Bertz CT molecular complexity index is 243.